The Hall–Kier alpha value is -4.65. The summed E-state index contributed by atoms with van der Waals surface area (Å²) in [6.07, 6.45) is 4.35. The standard InChI is InChI=1S/C31H30N4O3/c1-35(16-14-21-10-13-28(37-3)29(17-21)38-4)31-26-19-23(22-7-5-9-25(18-22)36-2)11-12-27(26)33-30(34-31)24-8-6-15-32-20-24/h5-13,15,17-20H,14,16H2,1-4H3. The van der Waals surface area contributed by atoms with Gasteiger partial charge in [-0.05, 0) is 71.6 Å². The molecular formula is C31H30N4O3. The Bertz CT molecular complexity index is 1560. The minimum Gasteiger partial charge on any atom is -0.497 e. The Morgan fingerprint density at radius 2 is 1.55 bits per heavy atom. The minimum atomic E-state index is 0.646. The molecule has 7 nitrogen and oxygen atoms in total. The molecule has 2 aromatic heterocycles. The molecule has 0 aliphatic carbocycles. The van der Waals surface area contributed by atoms with E-state index in [2.05, 4.69) is 47.3 Å². The molecule has 0 spiro atoms. The summed E-state index contributed by atoms with van der Waals surface area (Å²) in [5.74, 6) is 3.77. The lowest BCUT2D eigenvalue weighted by Crippen LogP contribution is -2.22. The highest BCUT2D eigenvalue weighted by molar-refractivity contribution is 5.94. The lowest BCUT2D eigenvalue weighted by Gasteiger charge is -2.21. The Morgan fingerprint density at radius 3 is 2.32 bits per heavy atom. The maximum Gasteiger partial charge on any atom is 0.163 e. The molecule has 0 aliphatic rings. The molecule has 3 aromatic carbocycles. The molecule has 0 radical (unpaired) electrons. The average Bonchev–Trinajstić information content (AvgIpc) is 2.99. The van der Waals surface area contributed by atoms with E-state index >= 15 is 0 Å². The average molecular weight is 507 g/mol. The number of pyridine rings is 1. The molecule has 5 aromatic rings. The van der Waals surface area contributed by atoms with Crippen molar-refractivity contribution in [3.8, 4) is 39.8 Å². The molecular weight excluding hydrogens is 476 g/mol. The fourth-order valence-electron chi connectivity index (χ4n) is 4.45. The summed E-state index contributed by atoms with van der Waals surface area (Å²) >= 11 is 0. The van der Waals surface area contributed by atoms with Crippen molar-refractivity contribution in [2.24, 2.45) is 0 Å². The number of aromatic nitrogens is 3. The predicted molar refractivity (Wildman–Crippen MR) is 151 cm³/mol. The highest BCUT2D eigenvalue weighted by Gasteiger charge is 2.15. The number of fused-ring (bicyclic) bond motifs is 1. The molecule has 0 amide bonds. The summed E-state index contributed by atoms with van der Waals surface area (Å²) in [5.41, 5.74) is 5.04. The van der Waals surface area contributed by atoms with E-state index in [1.54, 1.807) is 33.7 Å². The first-order valence-electron chi connectivity index (χ1n) is 12.4. The first-order valence-corrected chi connectivity index (χ1v) is 12.4. The van der Waals surface area contributed by atoms with E-state index in [1.165, 1.54) is 0 Å². The Kier molecular flexibility index (Phi) is 7.35. The van der Waals surface area contributed by atoms with Gasteiger partial charge in [0.1, 0.15) is 11.6 Å². The van der Waals surface area contributed by atoms with Gasteiger partial charge in [0.05, 0.1) is 26.8 Å². The summed E-state index contributed by atoms with van der Waals surface area (Å²) in [7, 11) is 7.04. The SMILES string of the molecule is COc1cccc(-c2ccc3nc(-c4cccnc4)nc(N(C)CCc4ccc(OC)c(OC)c4)c3c2)c1. The second-order valence-electron chi connectivity index (χ2n) is 8.94. The van der Waals surface area contributed by atoms with Crippen LogP contribution in [0.1, 0.15) is 5.56 Å². The van der Waals surface area contributed by atoms with Crippen LogP contribution in [0, 0.1) is 0 Å². The molecule has 5 rings (SSSR count). The lowest BCUT2D eigenvalue weighted by molar-refractivity contribution is 0.354. The highest BCUT2D eigenvalue weighted by atomic mass is 16.5. The van der Waals surface area contributed by atoms with Gasteiger partial charge in [0.15, 0.2) is 17.3 Å². The van der Waals surface area contributed by atoms with Crippen LogP contribution in [0.25, 0.3) is 33.4 Å². The number of hydrogen-bond donors (Lipinski definition) is 0. The maximum absolute atomic E-state index is 5.49. The first-order chi connectivity index (χ1) is 18.6. The normalized spacial score (nSPS) is 10.8. The summed E-state index contributed by atoms with van der Waals surface area (Å²) in [6, 6.07) is 24.2. The molecule has 0 aliphatic heterocycles. The van der Waals surface area contributed by atoms with Crippen molar-refractivity contribution >= 4 is 16.7 Å². The van der Waals surface area contributed by atoms with E-state index in [4.69, 9.17) is 24.2 Å². The van der Waals surface area contributed by atoms with Crippen molar-refractivity contribution in [3.05, 3.63) is 90.8 Å². The number of nitrogens with zero attached hydrogens (tertiary/aromatic N) is 4. The monoisotopic (exact) mass is 506 g/mol. The molecule has 192 valence electrons. The Morgan fingerprint density at radius 1 is 0.737 bits per heavy atom. The molecule has 38 heavy (non-hydrogen) atoms. The fraction of sp³-hybridized carbons (Fsp3) is 0.194. The largest absolute Gasteiger partial charge is 0.497 e. The van der Waals surface area contributed by atoms with Crippen LogP contribution < -0.4 is 19.1 Å². The molecule has 7 heteroatoms. The van der Waals surface area contributed by atoms with E-state index < -0.39 is 0 Å². The van der Waals surface area contributed by atoms with Gasteiger partial charge in [-0.2, -0.15) is 0 Å². The third-order valence-corrected chi connectivity index (χ3v) is 6.54. The minimum absolute atomic E-state index is 0.646. The van der Waals surface area contributed by atoms with Gasteiger partial charge >= 0.3 is 0 Å². The third kappa shape index (κ3) is 5.22. The van der Waals surface area contributed by atoms with Crippen LogP contribution in [0.3, 0.4) is 0 Å². The summed E-state index contributed by atoms with van der Waals surface area (Å²) < 4.78 is 16.3. The quantitative estimate of drug-likeness (QED) is 0.241. The van der Waals surface area contributed by atoms with Crippen LogP contribution in [-0.2, 0) is 6.42 Å². The molecule has 0 N–H and O–H groups in total. The van der Waals surface area contributed by atoms with Gasteiger partial charge in [0.25, 0.3) is 0 Å². The number of hydrogen-bond acceptors (Lipinski definition) is 7. The van der Waals surface area contributed by atoms with Crippen LogP contribution >= 0.6 is 0 Å². The summed E-state index contributed by atoms with van der Waals surface area (Å²) in [6.45, 7) is 0.747. The van der Waals surface area contributed by atoms with Crippen LogP contribution in [0.4, 0.5) is 5.82 Å². The van der Waals surface area contributed by atoms with Crippen LogP contribution in [0.2, 0.25) is 0 Å². The second-order valence-corrected chi connectivity index (χ2v) is 8.94. The number of methoxy groups -OCH3 is 3. The molecule has 0 atom stereocenters. The lowest BCUT2D eigenvalue weighted by atomic mass is 10.0. The molecule has 0 saturated carbocycles. The van der Waals surface area contributed by atoms with E-state index in [-0.39, 0.29) is 0 Å². The summed E-state index contributed by atoms with van der Waals surface area (Å²) in [4.78, 5) is 16.3. The smallest absolute Gasteiger partial charge is 0.163 e. The number of anilines is 1. The van der Waals surface area contributed by atoms with Gasteiger partial charge < -0.3 is 19.1 Å². The first kappa shape index (κ1) is 25.0. The van der Waals surface area contributed by atoms with Crippen molar-refractivity contribution in [1.82, 2.24) is 15.0 Å². The number of ether oxygens (including phenoxy) is 3. The van der Waals surface area contributed by atoms with Crippen molar-refractivity contribution in [2.75, 3.05) is 39.8 Å². The molecule has 0 unspecified atom stereocenters. The number of rotatable bonds is 9. The van der Waals surface area contributed by atoms with Gasteiger partial charge in [-0.1, -0.05) is 24.3 Å². The highest BCUT2D eigenvalue weighted by Crippen LogP contribution is 2.33. The maximum atomic E-state index is 5.49. The number of benzene rings is 3. The van der Waals surface area contributed by atoms with Gasteiger partial charge in [-0.25, -0.2) is 9.97 Å². The van der Waals surface area contributed by atoms with Crippen molar-refractivity contribution in [1.29, 1.82) is 0 Å². The van der Waals surface area contributed by atoms with Crippen molar-refractivity contribution in [3.63, 3.8) is 0 Å². The molecule has 0 fully saturated rings. The zero-order valence-corrected chi connectivity index (χ0v) is 22.0. The van der Waals surface area contributed by atoms with Crippen LogP contribution in [-0.4, -0.2) is 49.9 Å². The Balaban J connectivity index is 1.54. The van der Waals surface area contributed by atoms with E-state index in [1.807, 2.05) is 42.5 Å². The van der Waals surface area contributed by atoms with Crippen molar-refractivity contribution < 1.29 is 14.2 Å². The van der Waals surface area contributed by atoms with Crippen molar-refractivity contribution in [2.45, 2.75) is 6.42 Å². The van der Waals surface area contributed by atoms with Crippen LogP contribution in [0.15, 0.2) is 85.2 Å². The van der Waals surface area contributed by atoms with Gasteiger partial charge in [0, 0.05) is 36.9 Å². The van der Waals surface area contributed by atoms with Gasteiger partial charge in [-0.3, -0.25) is 4.98 Å². The zero-order chi connectivity index (χ0) is 26.5. The molecule has 0 saturated heterocycles. The van der Waals surface area contributed by atoms with Gasteiger partial charge in [-0.15, -0.1) is 0 Å². The van der Waals surface area contributed by atoms with E-state index in [0.29, 0.717) is 5.82 Å². The molecule has 0 bridgehead atoms. The fourth-order valence-corrected chi connectivity index (χ4v) is 4.45. The van der Waals surface area contributed by atoms with Gasteiger partial charge in [0.2, 0.25) is 0 Å². The van der Waals surface area contributed by atoms with Crippen LogP contribution in [0.5, 0.6) is 17.2 Å². The molecule has 2 heterocycles. The zero-order valence-electron chi connectivity index (χ0n) is 22.0. The summed E-state index contributed by atoms with van der Waals surface area (Å²) in [5, 5.41) is 0.979. The van der Waals surface area contributed by atoms with E-state index in [9.17, 15) is 0 Å². The third-order valence-electron chi connectivity index (χ3n) is 6.54. The second kappa shape index (κ2) is 11.2. The number of likely N-dealkylation sites (N-methyl/N-ethyl adjacent to an activating group) is 1. The van der Waals surface area contributed by atoms with E-state index in [0.717, 1.165) is 69.2 Å². The topological polar surface area (TPSA) is 69.6 Å². The predicted octanol–water partition coefficient (Wildman–Crippen LogP) is 6.06. The Labute approximate surface area is 222 Å².